The molecule has 0 unspecified atom stereocenters. The standard InChI is InChI=1S/C16H28N2O/c1-14(2)17-11-7-8-12-18(3)13-15-9-5-6-10-16(15)19-4/h5-6,9-10,14,17H,7-8,11-13H2,1-4H3. The first-order valence-corrected chi connectivity index (χ1v) is 7.17. The molecule has 19 heavy (non-hydrogen) atoms. The molecular formula is C16H28N2O. The number of hydrogen-bond donors (Lipinski definition) is 1. The molecule has 108 valence electrons. The molecule has 0 aliphatic carbocycles. The lowest BCUT2D eigenvalue weighted by molar-refractivity contribution is 0.309. The fourth-order valence-corrected chi connectivity index (χ4v) is 2.10. The quantitative estimate of drug-likeness (QED) is 0.694. The zero-order valence-corrected chi connectivity index (χ0v) is 12.8. The number of benzene rings is 1. The van der Waals surface area contributed by atoms with Crippen LogP contribution >= 0.6 is 0 Å². The SMILES string of the molecule is COc1ccccc1CN(C)CCCCNC(C)C. The maximum atomic E-state index is 5.38. The Hall–Kier alpha value is -1.06. The van der Waals surface area contributed by atoms with Crippen LogP contribution in [0.25, 0.3) is 0 Å². The van der Waals surface area contributed by atoms with Gasteiger partial charge in [0.1, 0.15) is 5.75 Å². The van der Waals surface area contributed by atoms with Crippen LogP contribution in [0.5, 0.6) is 5.75 Å². The second-order valence-corrected chi connectivity index (χ2v) is 5.37. The van der Waals surface area contributed by atoms with Gasteiger partial charge in [0, 0.05) is 18.2 Å². The lowest BCUT2D eigenvalue weighted by Gasteiger charge is -2.18. The first kappa shape index (κ1) is 16.0. The summed E-state index contributed by atoms with van der Waals surface area (Å²) >= 11 is 0. The van der Waals surface area contributed by atoms with E-state index in [1.807, 2.05) is 12.1 Å². The van der Waals surface area contributed by atoms with Gasteiger partial charge in [-0.3, -0.25) is 0 Å². The van der Waals surface area contributed by atoms with E-state index in [1.165, 1.54) is 18.4 Å². The third kappa shape index (κ3) is 6.60. The molecule has 0 saturated carbocycles. The Bertz CT molecular complexity index is 352. The summed E-state index contributed by atoms with van der Waals surface area (Å²) < 4.78 is 5.38. The maximum Gasteiger partial charge on any atom is 0.123 e. The molecule has 0 bridgehead atoms. The Morgan fingerprint density at radius 1 is 1.21 bits per heavy atom. The van der Waals surface area contributed by atoms with Gasteiger partial charge < -0.3 is 15.0 Å². The highest BCUT2D eigenvalue weighted by Crippen LogP contribution is 2.18. The van der Waals surface area contributed by atoms with Crippen LogP contribution in [-0.4, -0.2) is 38.2 Å². The lowest BCUT2D eigenvalue weighted by Crippen LogP contribution is -2.25. The number of rotatable bonds is 9. The molecule has 1 aromatic carbocycles. The molecule has 1 aromatic rings. The zero-order chi connectivity index (χ0) is 14.1. The summed E-state index contributed by atoms with van der Waals surface area (Å²) in [6.07, 6.45) is 2.46. The van der Waals surface area contributed by atoms with Crippen LogP contribution in [0.4, 0.5) is 0 Å². The van der Waals surface area contributed by atoms with Crippen molar-refractivity contribution in [2.24, 2.45) is 0 Å². The van der Waals surface area contributed by atoms with Crippen LogP contribution in [0.1, 0.15) is 32.3 Å². The summed E-state index contributed by atoms with van der Waals surface area (Å²) in [7, 11) is 3.90. The Kier molecular flexibility index (Phi) is 7.53. The fraction of sp³-hybridized carbons (Fsp3) is 0.625. The minimum absolute atomic E-state index is 0.589. The van der Waals surface area contributed by atoms with Crippen LogP contribution in [0, 0.1) is 0 Å². The van der Waals surface area contributed by atoms with E-state index in [0.717, 1.165) is 25.4 Å². The van der Waals surface area contributed by atoms with E-state index in [9.17, 15) is 0 Å². The molecule has 3 heteroatoms. The predicted octanol–water partition coefficient (Wildman–Crippen LogP) is 2.91. The van der Waals surface area contributed by atoms with Gasteiger partial charge >= 0.3 is 0 Å². The molecule has 0 aliphatic rings. The van der Waals surface area contributed by atoms with Crippen molar-refractivity contribution in [3.05, 3.63) is 29.8 Å². The minimum Gasteiger partial charge on any atom is -0.496 e. The van der Waals surface area contributed by atoms with E-state index in [1.54, 1.807) is 7.11 Å². The minimum atomic E-state index is 0.589. The van der Waals surface area contributed by atoms with Gasteiger partial charge in [-0.1, -0.05) is 32.0 Å². The molecule has 0 radical (unpaired) electrons. The van der Waals surface area contributed by atoms with Crippen molar-refractivity contribution in [3.8, 4) is 5.75 Å². The largest absolute Gasteiger partial charge is 0.496 e. The molecule has 0 saturated heterocycles. The fourth-order valence-electron chi connectivity index (χ4n) is 2.10. The lowest BCUT2D eigenvalue weighted by atomic mass is 10.2. The van der Waals surface area contributed by atoms with E-state index >= 15 is 0 Å². The molecule has 0 spiro atoms. The van der Waals surface area contributed by atoms with Crippen LogP contribution < -0.4 is 10.1 Å². The Balaban J connectivity index is 2.25. The van der Waals surface area contributed by atoms with Gasteiger partial charge in [-0.25, -0.2) is 0 Å². The van der Waals surface area contributed by atoms with Gasteiger partial charge in [0.2, 0.25) is 0 Å². The van der Waals surface area contributed by atoms with E-state index in [-0.39, 0.29) is 0 Å². The van der Waals surface area contributed by atoms with Crippen LogP contribution in [0.2, 0.25) is 0 Å². The average molecular weight is 264 g/mol. The van der Waals surface area contributed by atoms with E-state index < -0.39 is 0 Å². The van der Waals surface area contributed by atoms with Crippen LogP contribution in [0.3, 0.4) is 0 Å². The summed E-state index contributed by atoms with van der Waals surface area (Å²) in [6.45, 7) is 7.56. The summed E-state index contributed by atoms with van der Waals surface area (Å²) in [4.78, 5) is 2.35. The van der Waals surface area contributed by atoms with Crippen molar-refractivity contribution >= 4 is 0 Å². The topological polar surface area (TPSA) is 24.5 Å². The summed E-state index contributed by atoms with van der Waals surface area (Å²) in [5.74, 6) is 0.982. The maximum absolute atomic E-state index is 5.38. The molecule has 1 rings (SSSR count). The van der Waals surface area contributed by atoms with Crippen molar-refractivity contribution in [1.82, 2.24) is 10.2 Å². The average Bonchev–Trinajstić information content (AvgIpc) is 2.38. The highest BCUT2D eigenvalue weighted by molar-refractivity contribution is 5.32. The summed E-state index contributed by atoms with van der Waals surface area (Å²) in [6, 6.07) is 8.83. The molecular weight excluding hydrogens is 236 g/mol. The number of methoxy groups -OCH3 is 1. The number of para-hydroxylation sites is 1. The molecule has 0 fully saturated rings. The molecule has 0 aliphatic heterocycles. The molecule has 0 atom stereocenters. The monoisotopic (exact) mass is 264 g/mol. The number of ether oxygens (including phenoxy) is 1. The number of nitrogens with zero attached hydrogens (tertiary/aromatic N) is 1. The third-order valence-electron chi connectivity index (χ3n) is 3.15. The third-order valence-corrected chi connectivity index (χ3v) is 3.15. The van der Waals surface area contributed by atoms with Crippen molar-refractivity contribution in [2.45, 2.75) is 39.3 Å². The first-order chi connectivity index (χ1) is 9.13. The van der Waals surface area contributed by atoms with Gasteiger partial charge in [0.05, 0.1) is 7.11 Å². The number of hydrogen-bond acceptors (Lipinski definition) is 3. The Morgan fingerprint density at radius 2 is 1.95 bits per heavy atom. The summed E-state index contributed by atoms with van der Waals surface area (Å²) in [5, 5.41) is 3.45. The van der Waals surface area contributed by atoms with Gasteiger partial charge in [0.15, 0.2) is 0 Å². The highest BCUT2D eigenvalue weighted by Gasteiger charge is 2.05. The molecule has 1 N–H and O–H groups in total. The summed E-state index contributed by atoms with van der Waals surface area (Å²) in [5.41, 5.74) is 1.26. The first-order valence-electron chi connectivity index (χ1n) is 7.17. The Morgan fingerprint density at radius 3 is 2.63 bits per heavy atom. The van der Waals surface area contributed by atoms with E-state index in [2.05, 4.69) is 43.2 Å². The van der Waals surface area contributed by atoms with Crippen molar-refractivity contribution in [1.29, 1.82) is 0 Å². The number of nitrogens with one attached hydrogen (secondary N) is 1. The molecule has 0 heterocycles. The Labute approximate surface area is 118 Å². The van der Waals surface area contributed by atoms with E-state index in [4.69, 9.17) is 4.74 Å². The number of unbranched alkanes of at least 4 members (excludes halogenated alkanes) is 1. The molecule has 0 aromatic heterocycles. The van der Waals surface area contributed by atoms with Gasteiger partial charge in [-0.2, -0.15) is 0 Å². The normalized spacial score (nSPS) is 11.3. The van der Waals surface area contributed by atoms with Crippen molar-refractivity contribution in [2.75, 3.05) is 27.2 Å². The van der Waals surface area contributed by atoms with Gasteiger partial charge in [0.25, 0.3) is 0 Å². The molecule has 3 nitrogen and oxygen atoms in total. The van der Waals surface area contributed by atoms with Crippen molar-refractivity contribution < 1.29 is 4.74 Å². The van der Waals surface area contributed by atoms with Gasteiger partial charge in [-0.15, -0.1) is 0 Å². The highest BCUT2D eigenvalue weighted by atomic mass is 16.5. The predicted molar refractivity (Wildman–Crippen MR) is 81.7 cm³/mol. The van der Waals surface area contributed by atoms with Gasteiger partial charge in [-0.05, 0) is 39.0 Å². The zero-order valence-electron chi connectivity index (χ0n) is 12.8. The van der Waals surface area contributed by atoms with Crippen LogP contribution in [0.15, 0.2) is 24.3 Å². The van der Waals surface area contributed by atoms with E-state index in [0.29, 0.717) is 6.04 Å². The van der Waals surface area contributed by atoms with Crippen LogP contribution in [-0.2, 0) is 6.54 Å². The second-order valence-electron chi connectivity index (χ2n) is 5.37. The molecule has 0 amide bonds. The smallest absolute Gasteiger partial charge is 0.123 e. The second kappa shape index (κ2) is 8.94. The van der Waals surface area contributed by atoms with Crippen molar-refractivity contribution in [3.63, 3.8) is 0 Å².